The van der Waals surface area contributed by atoms with Gasteiger partial charge in [0.05, 0.1) is 11.0 Å². The van der Waals surface area contributed by atoms with Crippen LogP contribution >= 0.6 is 0 Å². The van der Waals surface area contributed by atoms with E-state index in [1.54, 1.807) is 0 Å². The van der Waals surface area contributed by atoms with Gasteiger partial charge in [0.2, 0.25) is 5.91 Å². The zero-order valence-corrected chi connectivity index (χ0v) is 14.6. The van der Waals surface area contributed by atoms with Gasteiger partial charge in [0.15, 0.2) is 0 Å². The molecule has 5 nitrogen and oxygen atoms in total. The highest BCUT2D eigenvalue weighted by Gasteiger charge is 2.49. The summed E-state index contributed by atoms with van der Waals surface area (Å²) < 4.78 is 1.96. The molecule has 0 aliphatic carbocycles. The maximum Gasteiger partial charge on any atom is 0.255 e. The van der Waals surface area contributed by atoms with E-state index in [1.807, 2.05) is 40.6 Å². The van der Waals surface area contributed by atoms with Gasteiger partial charge in [-0.3, -0.25) is 9.59 Å². The average molecular weight is 317 g/mol. The Labute approximate surface area is 138 Å². The minimum absolute atomic E-state index is 0.0643. The molecule has 0 unspecified atom stereocenters. The summed E-state index contributed by atoms with van der Waals surface area (Å²) in [6.07, 6.45) is 4.66. The van der Waals surface area contributed by atoms with E-state index in [4.69, 9.17) is 0 Å². The average Bonchev–Trinajstić information content (AvgIpc) is 3.08. The Morgan fingerprint density at radius 1 is 1.26 bits per heavy atom. The normalized spacial score (nSPS) is 25.0. The molecule has 3 heterocycles. The van der Waals surface area contributed by atoms with E-state index in [0.717, 1.165) is 37.1 Å². The first kappa shape index (κ1) is 16.1. The van der Waals surface area contributed by atoms with Crippen LogP contribution in [0, 0.1) is 12.3 Å². The Bertz CT molecular complexity index is 634. The molecule has 2 fully saturated rings. The van der Waals surface area contributed by atoms with Crippen LogP contribution in [0.3, 0.4) is 0 Å². The number of hydrogen-bond donors (Lipinski definition) is 0. The lowest BCUT2D eigenvalue weighted by Crippen LogP contribution is -2.52. The van der Waals surface area contributed by atoms with Crippen molar-refractivity contribution in [2.75, 3.05) is 19.6 Å². The second kappa shape index (κ2) is 5.69. The number of aryl methyl sites for hydroxylation is 1. The summed E-state index contributed by atoms with van der Waals surface area (Å²) in [4.78, 5) is 29.6. The molecule has 0 aromatic carbocycles. The first-order valence-corrected chi connectivity index (χ1v) is 8.58. The smallest absolute Gasteiger partial charge is 0.255 e. The monoisotopic (exact) mass is 317 g/mol. The minimum Gasteiger partial charge on any atom is -0.354 e. The third-order valence-corrected chi connectivity index (χ3v) is 5.65. The number of nitrogens with zero attached hydrogens (tertiary/aromatic N) is 3. The Morgan fingerprint density at radius 3 is 2.61 bits per heavy atom. The van der Waals surface area contributed by atoms with Crippen molar-refractivity contribution in [2.24, 2.45) is 12.5 Å². The van der Waals surface area contributed by atoms with E-state index in [2.05, 4.69) is 13.8 Å². The van der Waals surface area contributed by atoms with Gasteiger partial charge < -0.3 is 14.4 Å². The number of rotatable bonds is 2. The first-order valence-electron chi connectivity index (χ1n) is 8.58. The number of aromatic nitrogens is 1. The molecule has 1 aromatic rings. The van der Waals surface area contributed by atoms with E-state index in [-0.39, 0.29) is 23.3 Å². The molecule has 23 heavy (non-hydrogen) atoms. The molecule has 2 aliphatic rings. The number of carbonyl (C=O) groups excluding carboxylic acids is 2. The highest BCUT2D eigenvalue weighted by molar-refractivity contribution is 5.96. The van der Waals surface area contributed by atoms with Gasteiger partial charge in [0, 0.05) is 44.6 Å². The first-order chi connectivity index (χ1) is 10.9. The molecule has 0 saturated carbocycles. The van der Waals surface area contributed by atoms with Crippen LogP contribution in [-0.2, 0) is 11.8 Å². The SMILES string of the molecule is Cc1c(C(=O)N2CC[C@]3(CCCN(C(C)C)C3=O)C2)ccn1C. The molecule has 1 spiro atoms. The third-order valence-electron chi connectivity index (χ3n) is 5.65. The standard InChI is InChI=1S/C18H27N3O2/c1-13(2)21-9-5-7-18(17(21)23)8-11-20(12-18)16(22)15-6-10-19(4)14(15)3/h6,10,13H,5,7-9,11-12H2,1-4H3/t18-/m1/s1. The van der Waals surface area contributed by atoms with Crippen LogP contribution in [0.5, 0.6) is 0 Å². The van der Waals surface area contributed by atoms with Gasteiger partial charge in [0.25, 0.3) is 5.91 Å². The predicted octanol–water partition coefficient (Wildman–Crippen LogP) is 2.20. The van der Waals surface area contributed by atoms with E-state index >= 15 is 0 Å². The van der Waals surface area contributed by atoms with Crippen molar-refractivity contribution in [2.45, 2.75) is 46.1 Å². The van der Waals surface area contributed by atoms with Gasteiger partial charge in [-0.05, 0) is 46.1 Å². The van der Waals surface area contributed by atoms with Crippen LogP contribution in [0.1, 0.15) is 49.2 Å². The minimum atomic E-state index is -0.346. The summed E-state index contributed by atoms with van der Waals surface area (Å²) >= 11 is 0. The molecule has 0 radical (unpaired) electrons. The summed E-state index contributed by atoms with van der Waals surface area (Å²) in [6.45, 7) is 8.21. The summed E-state index contributed by atoms with van der Waals surface area (Å²) in [5.41, 5.74) is 1.39. The van der Waals surface area contributed by atoms with E-state index in [9.17, 15) is 9.59 Å². The van der Waals surface area contributed by atoms with Crippen molar-refractivity contribution >= 4 is 11.8 Å². The lowest BCUT2D eigenvalue weighted by molar-refractivity contribution is -0.147. The highest BCUT2D eigenvalue weighted by atomic mass is 16.2. The molecular formula is C18H27N3O2. The van der Waals surface area contributed by atoms with Crippen molar-refractivity contribution < 1.29 is 9.59 Å². The predicted molar refractivity (Wildman–Crippen MR) is 89.2 cm³/mol. The largest absolute Gasteiger partial charge is 0.354 e. The van der Waals surface area contributed by atoms with Crippen LogP contribution in [0.2, 0.25) is 0 Å². The molecule has 5 heteroatoms. The Hall–Kier alpha value is -1.78. The number of carbonyl (C=O) groups is 2. The van der Waals surface area contributed by atoms with Gasteiger partial charge in [-0.25, -0.2) is 0 Å². The second-order valence-corrected chi connectivity index (χ2v) is 7.38. The lowest BCUT2D eigenvalue weighted by Gasteiger charge is -2.41. The summed E-state index contributed by atoms with van der Waals surface area (Å²) in [5, 5.41) is 0. The van der Waals surface area contributed by atoms with Crippen molar-refractivity contribution in [1.29, 1.82) is 0 Å². The molecular weight excluding hydrogens is 290 g/mol. The quantitative estimate of drug-likeness (QED) is 0.839. The summed E-state index contributed by atoms with van der Waals surface area (Å²) in [5.74, 6) is 0.313. The van der Waals surface area contributed by atoms with E-state index in [0.29, 0.717) is 13.1 Å². The van der Waals surface area contributed by atoms with Crippen LogP contribution in [0.15, 0.2) is 12.3 Å². The van der Waals surface area contributed by atoms with Gasteiger partial charge >= 0.3 is 0 Å². The van der Waals surface area contributed by atoms with Crippen molar-refractivity contribution in [3.8, 4) is 0 Å². The number of piperidine rings is 1. The van der Waals surface area contributed by atoms with E-state index < -0.39 is 0 Å². The van der Waals surface area contributed by atoms with Crippen LogP contribution in [0.25, 0.3) is 0 Å². The highest BCUT2D eigenvalue weighted by Crippen LogP contribution is 2.41. The maximum absolute atomic E-state index is 13.0. The topological polar surface area (TPSA) is 45.6 Å². The fourth-order valence-corrected chi connectivity index (χ4v) is 4.02. The molecule has 2 amide bonds. The van der Waals surface area contributed by atoms with Crippen LogP contribution < -0.4 is 0 Å². The van der Waals surface area contributed by atoms with Crippen molar-refractivity contribution in [1.82, 2.24) is 14.4 Å². The van der Waals surface area contributed by atoms with Crippen LogP contribution in [-0.4, -0.2) is 51.9 Å². The molecule has 0 bridgehead atoms. The molecule has 126 valence electrons. The maximum atomic E-state index is 13.0. The third kappa shape index (κ3) is 2.56. The Balaban J connectivity index is 1.79. The number of hydrogen-bond acceptors (Lipinski definition) is 2. The molecule has 2 saturated heterocycles. The van der Waals surface area contributed by atoms with Gasteiger partial charge in [-0.15, -0.1) is 0 Å². The number of amides is 2. The Kier molecular flexibility index (Phi) is 3.98. The fourth-order valence-electron chi connectivity index (χ4n) is 4.02. The second-order valence-electron chi connectivity index (χ2n) is 7.38. The van der Waals surface area contributed by atoms with Gasteiger partial charge in [-0.2, -0.15) is 0 Å². The summed E-state index contributed by atoms with van der Waals surface area (Å²) in [7, 11) is 1.95. The van der Waals surface area contributed by atoms with Crippen molar-refractivity contribution in [3.63, 3.8) is 0 Å². The number of likely N-dealkylation sites (tertiary alicyclic amines) is 2. The molecule has 0 N–H and O–H groups in total. The van der Waals surface area contributed by atoms with E-state index in [1.165, 1.54) is 0 Å². The van der Waals surface area contributed by atoms with Crippen molar-refractivity contribution in [3.05, 3.63) is 23.5 Å². The lowest BCUT2D eigenvalue weighted by atomic mass is 9.78. The van der Waals surface area contributed by atoms with Crippen LogP contribution in [0.4, 0.5) is 0 Å². The zero-order chi connectivity index (χ0) is 16.8. The molecule has 1 aromatic heterocycles. The zero-order valence-electron chi connectivity index (χ0n) is 14.6. The van der Waals surface area contributed by atoms with Gasteiger partial charge in [0.1, 0.15) is 0 Å². The fraction of sp³-hybridized carbons (Fsp3) is 0.667. The summed E-state index contributed by atoms with van der Waals surface area (Å²) in [6, 6.07) is 2.12. The molecule has 3 rings (SSSR count). The van der Waals surface area contributed by atoms with Gasteiger partial charge in [-0.1, -0.05) is 0 Å². The Morgan fingerprint density at radius 2 is 2.00 bits per heavy atom. The molecule has 2 aliphatic heterocycles. The molecule has 1 atom stereocenters.